The van der Waals surface area contributed by atoms with Gasteiger partial charge in [0.2, 0.25) is 0 Å². The zero-order valence-corrected chi connectivity index (χ0v) is 9.81. The van der Waals surface area contributed by atoms with Crippen LogP contribution in [0.5, 0.6) is 0 Å². The molecule has 0 aromatic carbocycles. The number of nitrogens with zero attached hydrogens (tertiary/aromatic N) is 1. The van der Waals surface area contributed by atoms with Crippen molar-refractivity contribution in [1.29, 1.82) is 0 Å². The Hall–Kier alpha value is -0.590. The van der Waals surface area contributed by atoms with E-state index in [-0.39, 0.29) is 0 Å². The Morgan fingerprint density at radius 3 is 2.29 bits per heavy atom. The molecule has 0 aromatic rings. The van der Waals surface area contributed by atoms with Crippen LogP contribution in [0.2, 0.25) is 0 Å². The van der Waals surface area contributed by atoms with E-state index in [1.165, 1.54) is 19.4 Å². The average Bonchev–Trinajstić information content (AvgIpc) is 2.23. The molecule has 0 radical (unpaired) electrons. The van der Waals surface area contributed by atoms with E-state index in [1.807, 2.05) is 12.9 Å². The minimum atomic E-state index is 0.854. The Balaban J connectivity index is 3.33. The summed E-state index contributed by atoms with van der Waals surface area (Å²) in [6, 6.07) is 0. The normalized spacial score (nSPS) is 10.3. The Morgan fingerprint density at radius 2 is 1.79 bits per heavy atom. The number of allylic oxidation sites excluding steroid dienone is 1. The average molecular weight is 197 g/mol. The van der Waals surface area contributed by atoms with Gasteiger partial charge in [0.1, 0.15) is 5.94 Å². The van der Waals surface area contributed by atoms with Crippen molar-refractivity contribution in [3.63, 3.8) is 0 Å². The van der Waals surface area contributed by atoms with Crippen molar-refractivity contribution >= 4 is 5.94 Å². The summed E-state index contributed by atoms with van der Waals surface area (Å²) in [5, 5.41) is 0. The highest BCUT2D eigenvalue weighted by Crippen LogP contribution is 2.06. The van der Waals surface area contributed by atoms with Gasteiger partial charge in [0, 0.05) is 5.57 Å². The summed E-state index contributed by atoms with van der Waals surface area (Å²) in [7, 11) is 0. The second-order valence-electron chi connectivity index (χ2n) is 3.72. The monoisotopic (exact) mass is 197 g/mol. The van der Waals surface area contributed by atoms with Gasteiger partial charge in [-0.05, 0) is 45.8 Å². The first kappa shape index (κ1) is 13.4. The second-order valence-corrected chi connectivity index (χ2v) is 3.72. The number of rotatable bonds is 8. The summed E-state index contributed by atoms with van der Waals surface area (Å²) >= 11 is 0. The lowest BCUT2D eigenvalue weighted by Gasteiger charge is -2.17. The maximum Gasteiger partial charge on any atom is 0.123 e. The molecule has 0 saturated carbocycles. The maximum atomic E-state index is 10.2. The van der Waals surface area contributed by atoms with Gasteiger partial charge in [-0.3, -0.25) is 0 Å². The molecule has 82 valence electrons. The van der Waals surface area contributed by atoms with E-state index >= 15 is 0 Å². The molecule has 0 aliphatic rings. The van der Waals surface area contributed by atoms with E-state index in [2.05, 4.69) is 18.7 Å². The topological polar surface area (TPSA) is 20.3 Å². The van der Waals surface area contributed by atoms with Crippen LogP contribution in [-0.2, 0) is 4.79 Å². The molecular weight excluding hydrogens is 174 g/mol. The van der Waals surface area contributed by atoms with Crippen LogP contribution < -0.4 is 0 Å². The first-order valence-corrected chi connectivity index (χ1v) is 5.67. The van der Waals surface area contributed by atoms with Gasteiger partial charge in [0.15, 0.2) is 0 Å². The summed E-state index contributed by atoms with van der Waals surface area (Å²) in [6.07, 6.45) is 4.51. The summed E-state index contributed by atoms with van der Waals surface area (Å²) in [4.78, 5) is 12.6. The highest BCUT2D eigenvalue weighted by Gasteiger charge is 1.98. The van der Waals surface area contributed by atoms with E-state index in [4.69, 9.17) is 0 Å². The standard InChI is InChI=1S/C12H23NO/c1-4-13(5-2)10-8-6-7-9-12(3)11-14/h4-10H2,1-3H3. The number of hydrogen-bond acceptors (Lipinski definition) is 2. The third-order valence-corrected chi connectivity index (χ3v) is 2.59. The Kier molecular flexibility index (Phi) is 8.61. The highest BCUT2D eigenvalue weighted by molar-refractivity contribution is 5.50. The zero-order chi connectivity index (χ0) is 10.8. The minimum absolute atomic E-state index is 0.854. The van der Waals surface area contributed by atoms with Crippen LogP contribution in [0.1, 0.15) is 46.5 Å². The van der Waals surface area contributed by atoms with Gasteiger partial charge in [-0.2, -0.15) is 0 Å². The molecule has 0 atom stereocenters. The minimum Gasteiger partial charge on any atom is -0.304 e. The van der Waals surface area contributed by atoms with Crippen molar-refractivity contribution < 1.29 is 4.79 Å². The molecule has 0 rings (SSSR count). The fraction of sp³-hybridized carbons (Fsp3) is 0.833. The second kappa shape index (κ2) is 8.98. The van der Waals surface area contributed by atoms with Gasteiger partial charge in [0.25, 0.3) is 0 Å². The molecule has 0 unspecified atom stereocenters. The predicted octanol–water partition coefficient (Wildman–Crippen LogP) is 2.67. The quantitative estimate of drug-likeness (QED) is 0.440. The van der Waals surface area contributed by atoms with Crippen LogP contribution >= 0.6 is 0 Å². The molecule has 2 nitrogen and oxygen atoms in total. The molecule has 0 aliphatic carbocycles. The van der Waals surface area contributed by atoms with Crippen molar-refractivity contribution in [1.82, 2.24) is 4.90 Å². The van der Waals surface area contributed by atoms with Crippen molar-refractivity contribution in [2.75, 3.05) is 19.6 Å². The fourth-order valence-corrected chi connectivity index (χ4v) is 1.49. The molecule has 0 amide bonds. The van der Waals surface area contributed by atoms with Crippen LogP contribution in [0.15, 0.2) is 5.57 Å². The molecule has 0 N–H and O–H groups in total. The first-order chi connectivity index (χ1) is 6.74. The Morgan fingerprint density at radius 1 is 1.14 bits per heavy atom. The number of hydrogen-bond donors (Lipinski definition) is 0. The summed E-state index contributed by atoms with van der Waals surface area (Å²) in [6.45, 7) is 9.73. The molecule has 0 aromatic heterocycles. The summed E-state index contributed by atoms with van der Waals surface area (Å²) < 4.78 is 0. The molecule has 0 saturated heterocycles. The smallest absolute Gasteiger partial charge is 0.123 e. The highest BCUT2D eigenvalue weighted by atomic mass is 16.1. The fourth-order valence-electron chi connectivity index (χ4n) is 1.49. The number of unbranched alkanes of at least 4 members (excludes halogenated alkanes) is 2. The van der Waals surface area contributed by atoms with E-state index in [9.17, 15) is 4.79 Å². The lowest BCUT2D eigenvalue weighted by atomic mass is 10.1. The van der Waals surface area contributed by atoms with Crippen LogP contribution in [-0.4, -0.2) is 30.5 Å². The molecule has 0 aliphatic heterocycles. The van der Waals surface area contributed by atoms with Gasteiger partial charge >= 0.3 is 0 Å². The first-order valence-electron chi connectivity index (χ1n) is 5.67. The van der Waals surface area contributed by atoms with Gasteiger partial charge < -0.3 is 4.90 Å². The van der Waals surface area contributed by atoms with Gasteiger partial charge in [0.05, 0.1) is 0 Å². The van der Waals surface area contributed by atoms with E-state index in [1.54, 1.807) is 0 Å². The maximum absolute atomic E-state index is 10.2. The molecule has 14 heavy (non-hydrogen) atoms. The third kappa shape index (κ3) is 6.88. The van der Waals surface area contributed by atoms with Crippen molar-refractivity contribution in [3.8, 4) is 0 Å². The largest absolute Gasteiger partial charge is 0.304 e. The Bertz CT molecular complexity index is 179. The SMILES string of the molecule is CCN(CC)CCCCCC(C)=C=O. The lowest BCUT2D eigenvalue weighted by Crippen LogP contribution is -2.23. The van der Waals surface area contributed by atoms with Crippen molar-refractivity contribution in [3.05, 3.63) is 5.57 Å². The van der Waals surface area contributed by atoms with Crippen LogP contribution in [0.25, 0.3) is 0 Å². The van der Waals surface area contributed by atoms with E-state index in [0.717, 1.165) is 31.5 Å². The summed E-state index contributed by atoms with van der Waals surface area (Å²) in [5.74, 6) is 1.94. The third-order valence-electron chi connectivity index (χ3n) is 2.59. The Labute approximate surface area is 88.0 Å². The predicted molar refractivity (Wildman–Crippen MR) is 61.1 cm³/mol. The molecule has 0 heterocycles. The molecule has 0 bridgehead atoms. The summed E-state index contributed by atoms with van der Waals surface area (Å²) in [5.41, 5.74) is 0.854. The van der Waals surface area contributed by atoms with E-state index < -0.39 is 0 Å². The van der Waals surface area contributed by atoms with Crippen LogP contribution in [0.3, 0.4) is 0 Å². The molecular formula is C12H23NO. The van der Waals surface area contributed by atoms with Crippen LogP contribution in [0.4, 0.5) is 0 Å². The molecule has 2 heteroatoms. The molecule has 0 spiro atoms. The van der Waals surface area contributed by atoms with Crippen molar-refractivity contribution in [2.24, 2.45) is 0 Å². The van der Waals surface area contributed by atoms with E-state index in [0.29, 0.717) is 0 Å². The lowest BCUT2D eigenvalue weighted by molar-refractivity contribution is 0.296. The van der Waals surface area contributed by atoms with Gasteiger partial charge in [-0.25, -0.2) is 4.79 Å². The number of carbonyl (C=O) groups excluding carboxylic acids is 1. The molecule has 0 fully saturated rings. The van der Waals surface area contributed by atoms with Gasteiger partial charge in [-0.1, -0.05) is 20.3 Å². The zero-order valence-electron chi connectivity index (χ0n) is 9.81. The van der Waals surface area contributed by atoms with Crippen LogP contribution in [0, 0.1) is 0 Å². The van der Waals surface area contributed by atoms with Crippen molar-refractivity contribution in [2.45, 2.75) is 46.5 Å². The van der Waals surface area contributed by atoms with Gasteiger partial charge in [-0.15, -0.1) is 0 Å².